The van der Waals surface area contributed by atoms with Crippen LogP contribution in [0.3, 0.4) is 0 Å². The van der Waals surface area contributed by atoms with Gasteiger partial charge in [-0.2, -0.15) is 4.98 Å². The highest BCUT2D eigenvalue weighted by Crippen LogP contribution is 2.22. The van der Waals surface area contributed by atoms with Crippen LogP contribution in [0.5, 0.6) is 0 Å². The van der Waals surface area contributed by atoms with Gasteiger partial charge in [-0.1, -0.05) is 24.3 Å². The first-order chi connectivity index (χ1) is 11.8. The van der Waals surface area contributed by atoms with Gasteiger partial charge in [-0.25, -0.2) is 9.78 Å². The Bertz CT molecular complexity index is 1020. The van der Waals surface area contributed by atoms with Crippen molar-refractivity contribution >= 4 is 22.8 Å². The number of benzene rings is 2. The number of fused-ring (bicyclic) bond motifs is 1. The maximum atomic E-state index is 11.7. The van der Waals surface area contributed by atoms with E-state index in [9.17, 15) is 4.79 Å². The summed E-state index contributed by atoms with van der Waals surface area (Å²) >= 11 is 0. The average molecular weight is 318 g/mol. The second-order valence-electron chi connectivity index (χ2n) is 5.34. The molecular formula is C18H14N4O2. The minimum atomic E-state index is -0.269. The Kier molecular flexibility index (Phi) is 3.55. The van der Waals surface area contributed by atoms with Gasteiger partial charge in [0, 0.05) is 18.1 Å². The van der Waals surface area contributed by atoms with Crippen LogP contribution in [0.2, 0.25) is 0 Å². The molecule has 0 atom stereocenters. The van der Waals surface area contributed by atoms with Crippen LogP contribution in [0, 0.1) is 0 Å². The Labute approximate surface area is 137 Å². The molecule has 6 nitrogen and oxygen atoms in total. The molecule has 0 spiro atoms. The molecule has 0 saturated carbocycles. The molecule has 0 radical (unpaired) electrons. The largest absolute Gasteiger partial charge is 0.423 e. The number of hydrogen-bond acceptors (Lipinski definition) is 5. The predicted molar refractivity (Wildman–Crippen MR) is 91.3 cm³/mol. The van der Waals surface area contributed by atoms with Gasteiger partial charge in [0.1, 0.15) is 5.52 Å². The molecule has 118 valence electrons. The molecule has 2 aromatic heterocycles. The summed E-state index contributed by atoms with van der Waals surface area (Å²) in [4.78, 5) is 19.9. The lowest BCUT2D eigenvalue weighted by Gasteiger charge is -2.07. The molecule has 0 aliphatic heterocycles. The zero-order valence-corrected chi connectivity index (χ0v) is 12.7. The first-order valence-electron chi connectivity index (χ1n) is 7.51. The fraction of sp³-hybridized carbons (Fsp3) is 0.0556. The van der Waals surface area contributed by atoms with Crippen molar-refractivity contribution in [2.75, 3.05) is 5.32 Å². The normalized spacial score (nSPS) is 10.8. The van der Waals surface area contributed by atoms with E-state index in [0.717, 1.165) is 22.4 Å². The van der Waals surface area contributed by atoms with Crippen molar-refractivity contribution in [1.82, 2.24) is 14.5 Å². The maximum Gasteiger partial charge on any atom is 0.347 e. The Morgan fingerprint density at radius 1 is 1.08 bits per heavy atom. The number of anilines is 2. The van der Waals surface area contributed by atoms with E-state index in [2.05, 4.69) is 15.3 Å². The molecule has 0 aliphatic carbocycles. The van der Waals surface area contributed by atoms with Crippen LogP contribution in [0.4, 0.5) is 11.7 Å². The molecule has 2 heterocycles. The van der Waals surface area contributed by atoms with Gasteiger partial charge in [0.15, 0.2) is 5.58 Å². The Hall–Kier alpha value is -3.41. The highest BCUT2D eigenvalue weighted by molar-refractivity contribution is 5.75. The number of nitrogens with one attached hydrogen (secondary N) is 1. The molecule has 24 heavy (non-hydrogen) atoms. The molecule has 0 fully saturated rings. The van der Waals surface area contributed by atoms with Gasteiger partial charge < -0.3 is 9.73 Å². The van der Waals surface area contributed by atoms with E-state index in [1.807, 2.05) is 48.5 Å². The van der Waals surface area contributed by atoms with E-state index in [4.69, 9.17) is 4.42 Å². The van der Waals surface area contributed by atoms with Crippen molar-refractivity contribution in [1.29, 1.82) is 0 Å². The molecule has 0 aliphatic rings. The zero-order chi connectivity index (χ0) is 16.4. The maximum absolute atomic E-state index is 11.7. The first-order valence-corrected chi connectivity index (χ1v) is 7.51. The SMILES string of the molecule is O=c1ncccn1Cc1cccc(Nc2nc3ccccc3o2)c1. The lowest BCUT2D eigenvalue weighted by atomic mass is 10.2. The van der Waals surface area contributed by atoms with E-state index in [0.29, 0.717) is 12.6 Å². The summed E-state index contributed by atoms with van der Waals surface area (Å²) in [5.74, 6) is 0. The van der Waals surface area contributed by atoms with Crippen LogP contribution in [0.1, 0.15) is 5.56 Å². The topological polar surface area (TPSA) is 73.0 Å². The predicted octanol–water partition coefficient (Wildman–Crippen LogP) is 3.18. The van der Waals surface area contributed by atoms with E-state index in [1.54, 1.807) is 16.8 Å². The molecule has 0 unspecified atom stereocenters. The number of oxazole rings is 1. The van der Waals surface area contributed by atoms with Gasteiger partial charge in [-0.3, -0.25) is 4.57 Å². The average Bonchev–Trinajstić information content (AvgIpc) is 2.99. The number of hydrogen-bond donors (Lipinski definition) is 1. The summed E-state index contributed by atoms with van der Waals surface area (Å²) in [6.07, 6.45) is 3.21. The number of nitrogens with zero attached hydrogens (tertiary/aromatic N) is 3. The van der Waals surface area contributed by atoms with Crippen LogP contribution >= 0.6 is 0 Å². The smallest absolute Gasteiger partial charge is 0.347 e. The third kappa shape index (κ3) is 2.89. The molecule has 2 aromatic carbocycles. The second-order valence-corrected chi connectivity index (χ2v) is 5.34. The molecule has 1 N–H and O–H groups in total. The van der Waals surface area contributed by atoms with E-state index in [-0.39, 0.29) is 5.69 Å². The Balaban J connectivity index is 1.58. The van der Waals surface area contributed by atoms with Crippen molar-refractivity contribution in [2.24, 2.45) is 0 Å². The summed E-state index contributed by atoms with van der Waals surface area (Å²) in [7, 11) is 0. The van der Waals surface area contributed by atoms with Gasteiger partial charge in [0.25, 0.3) is 6.01 Å². The standard InChI is InChI=1S/C18H14N4O2/c23-18-19-9-4-10-22(18)12-13-5-3-6-14(11-13)20-17-21-15-7-1-2-8-16(15)24-17/h1-11H,12H2,(H,20,21). The molecule has 0 saturated heterocycles. The minimum Gasteiger partial charge on any atom is -0.423 e. The highest BCUT2D eigenvalue weighted by Gasteiger charge is 2.06. The third-order valence-corrected chi connectivity index (χ3v) is 3.61. The summed E-state index contributed by atoms with van der Waals surface area (Å²) < 4.78 is 7.22. The van der Waals surface area contributed by atoms with Crippen LogP contribution in [-0.4, -0.2) is 14.5 Å². The Morgan fingerprint density at radius 2 is 2.00 bits per heavy atom. The summed E-state index contributed by atoms with van der Waals surface area (Å²) in [5, 5.41) is 3.15. The first kappa shape index (κ1) is 14.2. The Morgan fingerprint density at radius 3 is 2.88 bits per heavy atom. The number of para-hydroxylation sites is 2. The molecular weight excluding hydrogens is 304 g/mol. The summed E-state index contributed by atoms with van der Waals surface area (Å²) in [5.41, 5.74) is 3.09. The van der Waals surface area contributed by atoms with E-state index in [1.165, 1.54) is 6.20 Å². The highest BCUT2D eigenvalue weighted by atomic mass is 16.4. The van der Waals surface area contributed by atoms with Crippen molar-refractivity contribution < 1.29 is 4.42 Å². The molecule has 6 heteroatoms. The van der Waals surface area contributed by atoms with Crippen LogP contribution in [-0.2, 0) is 6.54 Å². The van der Waals surface area contributed by atoms with Crippen molar-refractivity contribution in [3.8, 4) is 0 Å². The van der Waals surface area contributed by atoms with Crippen LogP contribution in [0.25, 0.3) is 11.1 Å². The van der Waals surface area contributed by atoms with Gasteiger partial charge in [0.2, 0.25) is 0 Å². The van der Waals surface area contributed by atoms with Crippen LogP contribution in [0.15, 0.2) is 76.2 Å². The van der Waals surface area contributed by atoms with Gasteiger partial charge >= 0.3 is 5.69 Å². The molecule has 4 aromatic rings. The van der Waals surface area contributed by atoms with E-state index >= 15 is 0 Å². The van der Waals surface area contributed by atoms with Crippen molar-refractivity contribution in [2.45, 2.75) is 6.54 Å². The number of aromatic nitrogens is 3. The van der Waals surface area contributed by atoms with Gasteiger partial charge in [-0.05, 0) is 35.9 Å². The molecule has 0 bridgehead atoms. The molecule has 4 rings (SSSR count). The lowest BCUT2D eigenvalue weighted by molar-refractivity contribution is 0.623. The van der Waals surface area contributed by atoms with Gasteiger partial charge in [0.05, 0.1) is 6.54 Å². The summed E-state index contributed by atoms with van der Waals surface area (Å²) in [6, 6.07) is 17.5. The van der Waals surface area contributed by atoms with Gasteiger partial charge in [-0.15, -0.1) is 0 Å². The second kappa shape index (κ2) is 6.00. The zero-order valence-electron chi connectivity index (χ0n) is 12.7. The quantitative estimate of drug-likeness (QED) is 0.625. The van der Waals surface area contributed by atoms with E-state index < -0.39 is 0 Å². The fourth-order valence-electron chi connectivity index (χ4n) is 2.50. The minimum absolute atomic E-state index is 0.269. The third-order valence-electron chi connectivity index (χ3n) is 3.61. The van der Waals surface area contributed by atoms with Crippen molar-refractivity contribution in [3.63, 3.8) is 0 Å². The molecule has 0 amide bonds. The van der Waals surface area contributed by atoms with Crippen LogP contribution < -0.4 is 11.0 Å². The summed E-state index contributed by atoms with van der Waals surface area (Å²) in [6.45, 7) is 0.454. The monoisotopic (exact) mass is 318 g/mol. The fourth-order valence-corrected chi connectivity index (χ4v) is 2.50. The van der Waals surface area contributed by atoms with Crippen molar-refractivity contribution in [3.05, 3.63) is 83.0 Å². The number of rotatable bonds is 4. The lowest BCUT2D eigenvalue weighted by Crippen LogP contribution is -2.21.